The van der Waals surface area contributed by atoms with Gasteiger partial charge in [-0.3, -0.25) is 14.2 Å². The van der Waals surface area contributed by atoms with Gasteiger partial charge in [0, 0.05) is 19.1 Å². The number of anilines is 1. The van der Waals surface area contributed by atoms with Crippen molar-refractivity contribution in [3.05, 3.63) is 56.6 Å². The molecule has 1 amide bonds. The summed E-state index contributed by atoms with van der Waals surface area (Å²) in [5.41, 5.74) is 8.00. The molecule has 0 bridgehead atoms. The maximum atomic E-state index is 12.9. The van der Waals surface area contributed by atoms with Gasteiger partial charge in [-0.2, -0.15) is 0 Å². The Kier molecular flexibility index (Phi) is 5.37. The minimum absolute atomic E-state index is 0.180. The maximum Gasteiger partial charge on any atom is 0.294 e. The number of fused-ring (bicyclic) bond motifs is 1. The van der Waals surface area contributed by atoms with Gasteiger partial charge in [-0.05, 0) is 43.2 Å². The summed E-state index contributed by atoms with van der Waals surface area (Å²) in [5.74, 6) is 0.0659. The maximum absolute atomic E-state index is 12.9. The number of carbonyl (C=O) groups excluding carboxylic acids is 1. The average Bonchev–Trinajstić information content (AvgIpc) is 3.13. The number of benzene rings is 1. The van der Waals surface area contributed by atoms with Crippen molar-refractivity contribution in [1.82, 2.24) is 14.9 Å². The molecule has 1 aliphatic carbocycles. The van der Waals surface area contributed by atoms with Crippen LogP contribution in [0.3, 0.4) is 0 Å². The molecule has 148 valence electrons. The Labute approximate surface area is 168 Å². The van der Waals surface area contributed by atoms with Crippen molar-refractivity contribution < 1.29 is 4.79 Å². The summed E-state index contributed by atoms with van der Waals surface area (Å²) in [6.07, 6.45) is 4.30. The standard InChI is InChI=1S/C20H24ClN5O2/c21-17-15-8-9-16(19(27)23-11-13-6-4-12(10-22)5-7-13)26(15)20(28)18(25-17)24-14-2-1-3-14/h4-7,14,16H,1-3,8-11,22H2,(H,23,27)(H,24,25)/t16-/m0/s1. The van der Waals surface area contributed by atoms with E-state index in [0.29, 0.717) is 36.8 Å². The zero-order valence-corrected chi connectivity index (χ0v) is 16.3. The number of hydrogen-bond donors (Lipinski definition) is 3. The molecule has 4 rings (SSSR count). The summed E-state index contributed by atoms with van der Waals surface area (Å²) in [6, 6.07) is 7.48. The lowest BCUT2D eigenvalue weighted by atomic mass is 9.93. The second kappa shape index (κ2) is 7.93. The molecular formula is C20H24ClN5O2. The normalized spacial score (nSPS) is 18.4. The van der Waals surface area contributed by atoms with Crippen LogP contribution in [0.25, 0.3) is 0 Å². The van der Waals surface area contributed by atoms with Crippen LogP contribution in [0.4, 0.5) is 5.82 Å². The second-order valence-electron chi connectivity index (χ2n) is 7.44. The number of carbonyl (C=O) groups is 1. The van der Waals surface area contributed by atoms with E-state index in [2.05, 4.69) is 15.6 Å². The average molecular weight is 402 g/mol. The van der Waals surface area contributed by atoms with Crippen molar-refractivity contribution in [3.63, 3.8) is 0 Å². The molecule has 0 unspecified atom stereocenters. The number of hydrogen-bond acceptors (Lipinski definition) is 5. The summed E-state index contributed by atoms with van der Waals surface area (Å²) < 4.78 is 1.52. The predicted molar refractivity (Wildman–Crippen MR) is 108 cm³/mol. The van der Waals surface area contributed by atoms with E-state index in [4.69, 9.17) is 17.3 Å². The van der Waals surface area contributed by atoms with Gasteiger partial charge in [0.15, 0.2) is 11.0 Å². The Balaban J connectivity index is 1.50. The topological polar surface area (TPSA) is 102 Å². The lowest BCUT2D eigenvalue weighted by molar-refractivity contribution is -0.124. The highest BCUT2D eigenvalue weighted by Gasteiger charge is 2.33. The van der Waals surface area contributed by atoms with E-state index in [0.717, 1.165) is 30.4 Å². The van der Waals surface area contributed by atoms with E-state index >= 15 is 0 Å². The van der Waals surface area contributed by atoms with Crippen LogP contribution in [-0.2, 0) is 24.3 Å². The van der Waals surface area contributed by atoms with Crippen LogP contribution in [0.15, 0.2) is 29.1 Å². The fraction of sp³-hybridized carbons (Fsp3) is 0.450. The molecule has 7 nitrogen and oxygen atoms in total. The van der Waals surface area contributed by atoms with Crippen LogP contribution in [0, 0.1) is 0 Å². The lowest BCUT2D eigenvalue weighted by Crippen LogP contribution is -2.38. The van der Waals surface area contributed by atoms with Crippen molar-refractivity contribution >= 4 is 23.3 Å². The van der Waals surface area contributed by atoms with Crippen LogP contribution in [0.5, 0.6) is 0 Å². The van der Waals surface area contributed by atoms with Gasteiger partial charge in [-0.15, -0.1) is 0 Å². The van der Waals surface area contributed by atoms with Gasteiger partial charge >= 0.3 is 0 Å². The van der Waals surface area contributed by atoms with Gasteiger partial charge in [0.05, 0.1) is 5.69 Å². The third-order valence-electron chi connectivity index (χ3n) is 5.60. The van der Waals surface area contributed by atoms with Gasteiger partial charge in [0.1, 0.15) is 6.04 Å². The molecule has 2 heterocycles. The SMILES string of the molecule is NCc1ccc(CNC(=O)[C@@H]2CCc3c(Cl)nc(NC4CCC4)c(=O)n32)cc1. The zero-order chi connectivity index (χ0) is 19.7. The van der Waals surface area contributed by atoms with Crippen LogP contribution in [0.1, 0.15) is 48.5 Å². The first-order valence-electron chi connectivity index (χ1n) is 9.70. The van der Waals surface area contributed by atoms with Crippen LogP contribution >= 0.6 is 11.6 Å². The molecule has 1 aromatic heterocycles. The largest absolute Gasteiger partial charge is 0.363 e. The minimum atomic E-state index is -0.562. The van der Waals surface area contributed by atoms with Crippen LogP contribution in [-0.4, -0.2) is 21.5 Å². The highest BCUT2D eigenvalue weighted by atomic mass is 35.5. The molecular weight excluding hydrogens is 378 g/mol. The third kappa shape index (κ3) is 3.64. The van der Waals surface area contributed by atoms with E-state index in [1.165, 1.54) is 4.57 Å². The number of nitrogens with zero attached hydrogens (tertiary/aromatic N) is 2. The Hall–Kier alpha value is -2.38. The zero-order valence-electron chi connectivity index (χ0n) is 15.6. The molecule has 4 N–H and O–H groups in total. The molecule has 1 aromatic carbocycles. The first-order valence-corrected chi connectivity index (χ1v) is 10.1. The summed E-state index contributed by atoms with van der Waals surface area (Å²) in [7, 11) is 0. The van der Waals surface area contributed by atoms with Gasteiger partial charge in [-0.1, -0.05) is 35.9 Å². The summed E-state index contributed by atoms with van der Waals surface area (Å²) in [4.78, 5) is 30.0. The first-order chi connectivity index (χ1) is 13.6. The number of nitrogens with one attached hydrogen (secondary N) is 2. The summed E-state index contributed by atoms with van der Waals surface area (Å²) in [6.45, 7) is 0.886. The molecule has 1 fully saturated rings. The quantitative estimate of drug-likeness (QED) is 0.688. The molecule has 1 saturated carbocycles. The molecule has 0 spiro atoms. The van der Waals surface area contributed by atoms with Crippen molar-refractivity contribution in [2.75, 3.05) is 5.32 Å². The summed E-state index contributed by atoms with van der Waals surface area (Å²) in [5, 5.41) is 6.41. The molecule has 2 aromatic rings. The highest BCUT2D eigenvalue weighted by Crippen LogP contribution is 2.30. The first kappa shape index (κ1) is 19.0. The number of nitrogens with two attached hydrogens (primary N) is 1. The van der Waals surface area contributed by atoms with E-state index < -0.39 is 6.04 Å². The van der Waals surface area contributed by atoms with Gasteiger partial charge in [0.2, 0.25) is 5.91 Å². The molecule has 0 saturated heterocycles. The molecule has 1 atom stereocenters. The monoisotopic (exact) mass is 401 g/mol. The number of rotatable bonds is 6. The van der Waals surface area contributed by atoms with Crippen LogP contribution < -0.4 is 21.9 Å². The van der Waals surface area contributed by atoms with E-state index in [-0.39, 0.29) is 23.3 Å². The second-order valence-corrected chi connectivity index (χ2v) is 7.80. The fourth-order valence-corrected chi connectivity index (χ4v) is 3.96. The Morgan fingerprint density at radius 1 is 1.21 bits per heavy atom. The van der Waals surface area contributed by atoms with Gasteiger partial charge in [0.25, 0.3) is 5.56 Å². The molecule has 2 aliphatic rings. The molecule has 0 radical (unpaired) electrons. The molecule has 28 heavy (non-hydrogen) atoms. The fourth-order valence-electron chi connectivity index (χ4n) is 3.69. The number of aromatic nitrogens is 2. The highest BCUT2D eigenvalue weighted by molar-refractivity contribution is 6.30. The molecule has 8 heteroatoms. The number of amides is 1. The van der Waals surface area contributed by atoms with E-state index in [1.807, 2.05) is 24.3 Å². The van der Waals surface area contributed by atoms with Crippen LogP contribution in [0.2, 0.25) is 5.15 Å². The molecule has 1 aliphatic heterocycles. The van der Waals surface area contributed by atoms with Crippen molar-refractivity contribution in [3.8, 4) is 0 Å². The lowest BCUT2D eigenvalue weighted by Gasteiger charge is -2.27. The predicted octanol–water partition coefficient (Wildman–Crippen LogP) is 2.12. The minimum Gasteiger partial charge on any atom is -0.363 e. The Morgan fingerprint density at radius 2 is 1.93 bits per heavy atom. The van der Waals surface area contributed by atoms with E-state index in [1.54, 1.807) is 0 Å². The third-order valence-corrected chi connectivity index (χ3v) is 5.90. The smallest absolute Gasteiger partial charge is 0.294 e. The van der Waals surface area contributed by atoms with Crippen molar-refractivity contribution in [2.24, 2.45) is 5.73 Å². The summed E-state index contributed by atoms with van der Waals surface area (Å²) >= 11 is 6.31. The number of halogens is 1. The van der Waals surface area contributed by atoms with Gasteiger partial charge < -0.3 is 16.4 Å². The van der Waals surface area contributed by atoms with Crippen molar-refractivity contribution in [1.29, 1.82) is 0 Å². The Morgan fingerprint density at radius 3 is 2.57 bits per heavy atom. The Bertz CT molecular complexity index is 937. The van der Waals surface area contributed by atoms with E-state index in [9.17, 15) is 9.59 Å². The van der Waals surface area contributed by atoms with Crippen molar-refractivity contribution in [2.45, 2.75) is 57.3 Å². The van der Waals surface area contributed by atoms with Gasteiger partial charge in [-0.25, -0.2) is 4.98 Å².